The first-order valence-electron chi connectivity index (χ1n) is 5.92. The van der Waals surface area contributed by atoms with Crippen LogP contribution in [0.1, 0.15) is 44.2 Å². The molecule has 0 spiro atoms. The number of aliphatic imine (C=N–C) groups is 1. The van der Waals surface area contributed by atoms with Gasteiger partial charge in [-0.3, -0.25) is 9.79 Å². The van der Waals surface area contributed by atoms with Crippen molar-refractivity contribution in [2.75, 3.05) is 0 Å². The zero-order chi connectivity index (χ0) is 11.4. The first-order valence-corrected chi connectivity index (χ1v) is 5.92. The molecule has 2 rings (SSSR count). The summed E-state index contributed by atoms with van der Waals surface area (Å²) >= 11 is 0. The molecule has 1 aromatic carbocycles. The van der Waals surface area contributed by atoms with Crippen LogP contribution in [0.4, 0.5) is 0 Å². The molecule has 0 heterocycles. The minimum Gasteiger partial charge on any atom is -0.293 e. The zero-order valence-corrected chi connectivity index (χ0v) is 9.65. The van der Waals surface area contributed by atoms with Gasteiger partial charge in [0.25, 0.3) is 0 Å². The molecule has 1 saturated carbocycles. The number of benzene rings is 1. The molecule has 0 N–H and O–H groups in total. The summed E-state index contributed by atoms with van der Waals surface area (Å²) in [7, 11) is 0. The van der Waals surface area contributed by atoms with Crippen LogP contribution < -0.4 is 0 Å². The fraction of sp³-hybridized carbons (Fsp3) is 0.429. The van der Waals surface area contributed by atoms with Crippen LogP contribution in [0.3, 0.4) is 0 Å². The second-order valence-corrected chi connectivity index (χ2v) is 4.29. The molecule has 0 amide bonds. The average Bonchev–Trinajstić information content (AvgIpc) is 2.33. The molecule has 84 valence electrons. The third-order valence-corrected chi connectivity index (χ3v) is 3.02. The smallest absolute Gasteiger partial charge is 0.176 e. The molecule has 1 aliphatic carbocycles. The van der Waals surface area contributed by atoms with Crippen molar-refractivity contribution >= 4 is 11.5 Å². The number of hydrogen-bond donors (Lipinski definition) is 0. The topological polar surface area (TPSA) is 29.4 Å². The lowest BCUT2D eigenvalue weighted by molar-refractivity contribution is -0.113. The Kier molecular flexibility index (Phi) is 3.50. The molecule has 1 aromatic rings. The van der Waals surface area contributed by atoms with E-state index in [2.05, 4.69) is 17.1 Å². The van der Waals surface area contributed by atoms with Crippen molar-refractivity contribution in [3.05, 3.63) is 35.9 Å². The molecule has 0 aromatic heterocycles. The lowest BCUT2D eigenvalue weighted by Crippen LogP contribution is -2.19. The van der Waals surface area contributed by atoms with Crippen molar-refractivity contribution in [3.8, 4) is 0 Å². The van der Waals surface area contributed by atoms with E-state index in [1.807, 2.05) is 25.1 Å². The van der Waals surface area contributed by atoms with Gasteiger partial charge in [0.15, 0.2) is 5.78 Å². The standard InChI is InChI=1S/C14H17NO/c1-11(12-7-3-2-4-8-12)15-13-9-5-6-10-14(13)16/h2-4,7-8,11H,5-6,9-10H2,1H3/t11-/m1/s1. The Morgan fingerprint density at radius 2 is 1.81 bits per heavy atom. The molecule has 0 unspecified atom stereocenters. The molecule has 2 heteroatoms. The highest BCUT2D eigenvalue weighted by Gasteiger charge is 2.17. The summed E-state index contributed by atoms with van der Waals surface area (Å²) in [6.45, 7) is 2.05. The van der Waals surface area contributed by atoms with E-state index in [1.54, 1.807) is 0 Å². The minimum absolute atomic E-state index is 0.0956. The second-order valence-electron chi connectivity index (χ2n) is 4.29. The van der Waals surface area contributed by atoms with E-state index < -0.39 is 0 Å². The van der Waals surface area contributed by atoms with E-state index in [4.69, 9.17) is 0 Å². The number of ketones is 1. The minimum atomic E-state index is 0.0956. The van der Waals surface area contributed by atoms with Gasteiger partial charge < -0.3 is 0 Å². The summed E-state index contributed by atoms with van der Waals surface area (Å²) in [5, 5.41) is 0. The third-order valence-electron chi connectivity index (χ3n) is 3.02. The fourth-order valence-corrected chi connectivity index (χ4v) is 2.04. The van der Waals surface area contributed by atoms with Crippen LogP contribution in [0.2, 0.25) is 0 Å². The van der Waals surface area contributed by atoms with Gasteiger partial charge in [-0.2, -0.15) is 0 Å². The monoisotopic (exact) mass is 215 g/mol. The van der Waals surface area contributed by atoms with Gasteiger partial charge in [0, 0.05) is 6.42 Å². The van der Waals surface area contributed by atoms with Crippen molar-refractivity contribution in [3.63, 3.8) is 0 Å². The molecule has 0 aliphatic heterocycles. The number of rotatable bonds is 2. The molecule has 0 saturated heterocycles. The summed E-state index contributed by atoms with van der Waals surface area (Å²) in [4.78, 5) is 16.2. The first kappa shape index (κ1) is 11.1. The SMILES string of the molecule is C[C@@H](N=C1CCCCC1=O)c1ccccc1. The summed E-state index contributed by atoms with van der Waals surface area (Å²) in [6.07, 6.45) is 3.67. The highest BCUT2D eigenvalue weighted by atomic mass is 16.1. The molecule has 16 heavy (non-hydrogen) atoms. The van der Waals surface area contributed by atoms with E-state index >= 15 is 0 Å². The number of carbonyl (C=O) groups is 1. The Hall–Kier alpha value is -1.44. The normalized spacial score (nSPS) is 21.1. The second kappa shape index (κ2) is 5.06. The number of hydrogen-bond acceptors (Lipinski definition) is 2. The number of nitrogens with zero attached hydrogens (tertiary/aromatic N) is 1. The molecule has 1 atom stereocenters. The van der Waals surface area contributed by atoms with Gasteiger partial charge in [0.05, 0.1) is 11.8 Å². The lowest BCUT2D eigenvalue weighted by Gasteiger charge is -2.14. The Morgan fingerprint density at radius 3 is 2.50 bits per heavy atom. The Balaban J connectivity index is 2.14. The molecular weight excluding hydrogens is 198 g/mol. The van der Waals surface area contributed by atoms with Crippen LogP contribution >= 0.6 is 0 Å². The molecule has 1 fully saturated rings. The van der Waals surface area contributed by atoms with E-state index in [9.17, 15) is 4.79 Å². The summed E-state index contributed by atoms with van der Waals surface area (Å²) in [5.74, 6) is 0.244. The van der Waals surface area contributed by atoms with Crippen molar-refractivity contribution in [1.82, 2.24) is 0 Å². The molecule has 0 radical (unpaired) electrons. The maximum atomic E-state index is 11.6. The van der Waals surface area contributed by atoms with E-state index in [0.717, 1.165) is 25.0 Å². The van der Waals surface area contributed by atoms with Gasteiger partial charge >= 0.3 is 0 Å². The van der Waals surface area contributed by atoms with Crippen LogP contribution in [0.25, 0.3) is 0 Å². The predicted octanol–water partition coefficient (Wildman–Crippen LogP) is 3.33. The van der Waals surface area contributed by atoms with Gasteiger partial charge in [-0.25, -0.2) is 0 Å². The van der Waals surface area contributed by atoms with Crippen molar-refractivity contribution < 1.29 is 4.79 Å². The van der Waals surface area contributed by atoms with E-state index in [0.29, 0.717) is 6.42 Å². The van der Waals surface area contributed by atoms with Crippen LogP contribution in [-0.2, 0) is 4.79 Å². The van der Waals surface area contributed by atoms with E-state index in [1.165, 1.54) is 5.56 Å². The van der Waals surface area contributed by atoms with Gasteiger partial charge in [0.1, 0.15) is 0 Å². The Morgan fingerprint density at radius 1 is 1.12 bits per heavy atom. The third kappa shape index (κ3) is 2.57. The maximum Gasteiger partial charge on any atom is 0.176 e. The van der Waals surface area contributed by atoms with Gasteiger partial charge in [-0.1, -0.05) is 30.3 Å². The highest BCUT2D eigenvalue weighted by molar-refractivity contribution is 6.40. The molecule has 2 nitrogen and oxygen atoms in total. The number of Topliss-reactive ketones (excluding diaryl/α,β-unsaturated/α-hetero) is 1. The fourth-order valence-electron chi connectivity index (χ4n) is 2.04. The van der Waals surface area contributed by atoms with Crippen LogP contribution in [0, 0.1) is 0 Å². The van der Waals surface area contributed by atoms with Crippen molar-refractivity contribution in [2.24, 2.45) is 4.99 Å². The summed E-state index contributed by atoms with van der Waals surface area (Å²) in [5.41, 5.74) is 1.97. The van der Waals surface area contributed by atoms with Crippen LogP contribution in [-0.4, -0.2) is 11.5 Å². The lowest BCUT2D eigenvalue weighted by atomic mass is 9.96. The van der Waals surface area contributed by atoms with Gasteiger partial charge in [0.2, 0.25) is 0 Å². The van der Waals surface area contributed by atoms with Crippen molar-refractivity contribution in [2.45, 2.75) is 38.6 Å². The predicted molar refractivity (Wildman–Crippen MR) is 65.8 cm³/mol. The Labute approximate surface area is 96.4 Å². The largest absolute Gasteiger partial charge is 0.293 e. The maximum absolute atomic E-state index is 11.6. The van der Waals surface area contributed by atoms with Crippen molar-refractivity contribution in [1.29, 1.82) is 0 Å². The molecular formula is C14H17NO. The van der Waals surface area contributed by atoms with E-state index in [-0.39, 0.29) is 11.8 Å². The number of carbonyl (C=O) groups excluding carboxylic acids is 1. The van der Waals surface area contributed by atoms with Crippen LogP contribution in [0.5, 0.6) is 0 Å². The highest BCUT2D eigenvalue weighted by Crippen LogP contribution is 2.20. The first-order chi connectivity index (χ1) is 7.77. The molecule has 1 aliphatic rings. The van der Waals surface area contributed by atoms with Gasteiger partial charge in [-0.05, 0) is 31.7 Å². The average molecular weight is 215 g/mol. The van der Waals surface area contributed by atoms with Gasteiger partial charge in [-0.15, -0.1) is 0 Å². The summed E-state index contributed by atoms with van der Waals surface area (Å²) in [6, 6.07) is 10.2. The zero-order valence-electron chi connectivity index (χ0n) is 9.65. The molecule has 0 bridgehead atoms. The van der Waals surface area contributed by atoms with Crippen LogP contribution in [0.15, 0.2) is 35.3 Å². The quantitative estimate of drug-likeness (QED) is 0.744. The Bertz CT molecular complexity index is 394. The summed E-state index contributed by atoms with van der Waals surface area (Å²) < 4.78 is 0.